The van der Waals surface area contributed by atoms with Crippen LogP contribution in [0.2, 0.25) is 5.02 Å². The summed E-state index contributed by atoms with van der Waals surface area (Å²) in [6.45, 7) is 0. The number of benzene rings is 2. The van der Waals surface area contributed by atoms with Gasteiger partial charge in [0.15, 0.2) is 0 Å². The second-order valence-corrected chi connectivity index (χ2v) is 4.55. The number of hydrogen-bond acceptors (Lipinski definition) is 1. The predicted molar refractivity (Wildman–Crippen MR) is 74.4 cm³/mol. The van der Waals surface area contributed by atoms with Crippen molar-refractivity contribution in [1.82, 2.24) is 0 Å². The largest absolute Gasteiger partial charge is 0.321 e. The first-order chi connectivity index (χ1) is 8.74. The average molecular weight is 256 g/mol. The Bertz CT molecular complexity index is 647. The van der Waals surface area contributed by atoms with Gasteiger partial charge < -0.3 is 5.32 Å². The lowest BCUT2D eigenvalue weighted by Gasteiger charge is -1.99. The highest BCUT2D eigenvalue weighted by Gasteiger charge is 2.23. The number of halogens is 1. The maximum Gasteiger partial charge on any atom is 0.256 e. The van der Waals surface area contributed by atoms with E-state index in [-0.39, 0.29) is 5.91 Å². The summed E-state index contributed by atoms with van der Waals surface area (Å²) < 4.78 is 0. The third kappa shape index (κ3) is 1.91. The maximum atomic E-state index is 11.9. The van der Waals surface area contributed by atoms with E-state index in [1.54, 1.807) is 12.1 Å². The molecule has 18 heavy (non-hydrogen) atoms. The predicted octanol–water partition coefficient (Wildman–Crippen LogP) is 3.83. The summed E-state index contributed by atoms with van der Waals surface area (Å²) >= 11 is 5.91. The van der Waals surface area contributed by atoms with Crippen molar-refractivity contribution in [1.29, 1.82) is 0 Å². The first-order valence-electron chi connectivity index (χ1n) is 5.62. The van der Waals surface area contributed by atoms with Crippen molar-refractivity contribution >= 4 is 34.8 Å². The van der Waals surface area contributed by atoms with E-state index in [2.05, 4.69) is 5.32 Å². The van der Waals surface area contributed by atoms with E-state index < -0.39 is 0 Å². The molecule has 0 fully saturated rings. The maximum absolute atomic E-state index is 11.9. The Morgan fingerprint density at radius 2 is 1.83 bits per heavy atom. The molecule has 3 heteroatoms. The van der Waals surface area contributed by atoms with E-state index in [1.165, 1.54) is 0 Å². The van der Waals surface area contributed by atoms with Crippen molar-refractivity contribution < 1.29 is 4.79 Å². The van der Waals surface area contributed by atoms with E-state index in [1.807, 2.05) is 42.5 Å². The molecule has 2 aromatic rings. The number of nitrogens with one attached hydrogen (secondary N) is 1. The topological polar surface area (TPSA) is 29.1 Å². The van der Waals surface area contributed by atoms with Crippen LogP contribution in [0.3, 0.4) is 0 Å². The molecule has 0 bridgehead atoms. The smallest absolute Gasteiger partial charge is 0.256 e. The first-order valence-corrected chi connectivity index (χ1v) is 6.00. The lowest BCUT2D eigenvalue weighted by molar-refractivity contribution is -0.110. The molecule has 1 aliphatic heterocycles. The van der Waals surface area contributed by atoms with Crippen LogP contribution in [0.4, 0.5) is 5.69 Å². The number of carbonyl (C=O) groups excluding carboxylic acids is 1. The van der Waals surface area contributed by atoms with Crippen LogP contribution in [0.1, 0.15) is 11.1 Å². The van der Waals surface area contributed by atoms with E-state index >= 15 is 0 Å². The van der Waals surface area contributed by atoms with E-state index in [9.17, 15) is 4.79 Å². The zero-order valence-corrected chi connectivity index (χ0v) is 10.2. The fourth-order valence-corrected chi connectivity index (χ4v) is 2.20. The van der Waals surface area contributed by atoms with Crippen LogP contribution < -0.4 is 5.32 Å². The Morgan fingerprint density at radius 1 is 1.06 bits per heavy atom. The second-order valence-electron chi connectivity index (χ2n) is 4.11. The molecule has 1 amide bonds. The Kier molecular flexibility index (Phi) is 2.65. The van der Waals surface area contributed by atoms with Crippen LogP contribution in [0.25, 0.3) is 11.6 Å². The van der Waals surface area contributed by atoms with Gasteiger partial charge in [-0.15, -0.1) is 0 Å². The average Bonchev–Trinajstić information content (AvgIpc) is 2.66. The Hall–Kier alpha value is -2.06. The van der Waals surface area contributed by atoms with Crippen molar-refractivity contribution in [3.63, 3.8) is 0 Å². The summed E-state index contributed by atoms with van der Waals surface area (Å²) in [5, 5.41) is 3.44. The zero-order valence-electron chi connectivity index (χ0n) is 9.48. The van der Waals surface area contributed by atoms with Crippen molar-refractivity contribution in [3.05, 3.63) is 64.7 Å². The first kappa shape index (κ1) is 11.1. The number of fused-ring (bicyclic) bond motifs is 1. The molecule has 0 radical (unpaired) electrons. The summed E-state index contributed by atoms with van der Waals surface area (Å²) in [6.07, 6.45) is 1.88. The Labute approximate surface area is 110 Å². The molecule has 2 nitrogen and oxygen atoms in total. The van der Waals surface area contributed by atoms with Gasteiger partial charge >= 0.3 is 0 Å². The molecule has 0 aliphatic carbocycles. The quantitative estimate of drug-likeness (QED) is 0.771. The zero-order chi connectivity index (χ0) is 12.5. The molecule has 1 aliphatic rings. The highest BCUT2D eigenvalue weighted by atomic mass is 35.5. The van der Waals surface area contributed by atoms with Crippen LogP contribution in [-0.4, -0.2) is 5.91 Å². The minimum Gasteiger partial charge on any atom is -0.321 e. The molecule has 0 aromatic heterocycles. The molecule has 88 valence electrons. The standard InChI is InChI=1S/C15H10ClNO/c16-11-6-7-12-13(15(18)17-14(12)9-11)8-10-4-2-1-3-5-10/h1-9H,(H,17,18)/b13-8-. The number of anilines is 1. The molecule has 1 heterocycles. The fourth-order valence-electron chi connectivity index (χ4n) is 2.03. The number of rotatable bonds is 1. The summed E-state index contributed by atoms with van der Waals surface area (Å²) in [5.74, 6) is -0.0869. The van der Waals surface area contributed by atoms with Gasteiger partial charge in [0.2, 0.25) is 0 Å². The summed E-state index contributed by atoms with van der Waals surface area (Å²) in [7, 11) is 0. The van der Waals surface area contributed by atoms with E-state index in [0.717, 1.165) is 16.8 Å². The Morgan fingerprint density at radius 3 is 2.61 bits per heavy atom. The molecular formula is C15H10ClNO. The fraction of sp³-hybridized carbons (Fsp3) is 0. The molecule has 1 N–H and O–H groups in total. The van der Waals surface area contributed by atoms with Crippen molar-refractivity contribution in [2.75, 3.05) is 5.32 Å². The molecule has 0 unspecified atom stereocenters. The van der Waals surface area contributed by atoms with Gasteiger partial charge in [0.25, 0.3) is 5.91 Å². The van der Waals surface area contributed by atoms with Crippen molar-refractivity contribution in [2.24, 2.45) is 0 Å². The lowest BCUT2D eigenvalue weighted by Crippen LogP contribution is -2.03. The molecule has 0 spiro atoms. The lowest BCUT2D eigenvalue weighted by atomic mass is 10.0. The summed E-state index contributed by atoms with van der Waals surface area (Å²) in [5.41, 5.74) is 3.35. The normalized spacial score (nSPS) is 15.6. The van der Waals surface area contributed by atoms with Gasteiger partial charge in [0.05, 0.1) is 5.69 Å². The van der Waals surface area contributed by atoms with Crippen molar-refractivity contribution in [2.45, 2.75) is 0 Å². The minimum atomic E-state index is -0.0869. The van der Waals surface area contributed by atoms with Gasteiger partial charge in [-0.05, 0) is 23.8 Å². The molecule has 2 aromatic carbocycles. The monoisotopic (exact) mass is 255 g/mol. The molecule has 0 saturated heterocycles. The van der Waals surface area contributed by atoms with E-state index in [4.69, 9.17) is 11.6 Å². The molecule has 3 rings (SSSR count). The van der Waals surface area contributed by atoms with Gasteiger partial charge in [-0.2, -0.15) is 0 Å². The molecular weight excluding hydrogens is 246 g/mol. The molecule has 0 saturated carbocycles. The highest BCUT2D eigenvalue weighted by Crippen LogP contribution is 2.34. The van der Waals surface area contributed by atoms with Gasteiger partial charge in [0, 0.05) is 16.2 Å². The van der Waals surface area contributed by atoms with Crippen LogP contribution in [0.5, 0.6) is 0 Å². The number of carbonyl (C=O) groups is 1. The highest BCUT2D eigenvalue weighted by molar-refractivity contribution is 6.36. The SMILES string of the molecule is O=C1Nc2cc(Cl)ccc2/C1=C/c1ccccc1. The van der Waals surface area contributed by atoms with Crippen LogP contribution in [-0.2, 0) is 4.79 Å². The second kappa shape index (κ2) is 4.31. The van der Waals surface area contributed by atoms with Gasteiger partial charge in [-0.1, -0.05) is 48.0 Å². The van der Waals surface area contributed by atoms with Crippen LogP contribution >= 0.6 is 11.6 Å². The van der Waals surface area contributed by atoms with Gasteiger partial charge in [-0.3, -0.25) is 4.79 Å². The summed E-state index contributed by atoms with van der Waals surface area (Å²) in [6, 6.07) is 15.2. The minimum absolute atomic E-state index is 0.0869. The Balaban J connectivity index is 2.10. The molecule has 0 atom stereocenters. The van der Waals surface area contributed by atoms with Gasteiger partial charge in [-0.25, -0.2) is 0 Å². The van der Waals surface area contributed by atoms with Crippen molar-refractivity contribution in [3.8, 4) is 0 Å². The third-order valence-electron chi connectivity index (χ3n) is 2.88. The summed E-state index contributed by atoms with van der Waals surface area (Å²) in [4.78, 5) is 11.9. The van der Waals surface area contributed by atoms with Gasteiger partial charge in [0.1, 0.15) is 0 Å². The third-order valence-corrected chi connectivity index (χ3v) is 3.11. The number of hydrogen-bond donors (Lipinski definition) is 1. The number of amides is 1. The van der Waals surface area contributed by atoms with E-state index in [0.29, 0.717) is 10.6 Å². The van der Waals surface area contributed by atoms with Crippen LogP contribution in [0.15, 0.2) is 48.5 Å². The van der Waals surface area contributed by atoms with Crippen LogP contribution in [0, 0.1) is 0 Å².